The molecule has 0 radical (unpaired) electrons. The number of hydrogen-bond donors (Lipinski definition) is 1. The molecule has 0 unspecified atom stereocenters. The van der Waals surface area contributed by atoms with Crippen molar-refractivity contribution in [3.63, 3.8) is 0 Å². The van der Waals surface area contributed by atoms with Gasteiger partial charge >= 0.3 is 0 Å². The van der Waals surface area contributed by atoms with Crippen LogP contribution in [0.2, 0.25) is 0 Å². The van der Waals surface area contributed by atoms with Gasteiger partial charge in [-0.15, -0.1) is 0 Å². The summed E-state index contributed by atoms with van der Waals surface area (Å²) in [6.07, 6.45) is 6.30. The van der Waals surface area contributed by atoms with E-state index in [4.69, 9.17) is 0 Å². The second kappa shape index (κ2) is 6.03. The molecule has 1 N–H and O–H groups in total. The van der Waals surface area contributed by atoms with E-state index in [1.54, 1.807) is 0 Å². The molecule has 3 heterocycles. The Bertz CT molecular complexity index is 857. The van der Waals surface area contributed by atoms with Crippen LogP contribution in [-0.4, -0.2) is 51.8 Å². The van der Waals surface area contributed by atoms with E-state index in [-0.39, 0.29) is 5.91 Å². The summed E-state index contributed by atoms with van der Waals surface area (Å²) in [5, 5.41) is 5.35. The van der Waals surface area contributed by atoms with Crippen molar-refractivity contribution in [1.29, 1.82) is 0 Å². The van der Waals surface area contributed by atoms with Crippen LogP contribution in [0.3, 0.4) is 0 Å². The topological polar surface area (TPSA) is 57.2 Å². The molecule has 0 atom stereocenters. The molecule has 124 valence electrons. The third-order valence-corrected chi connectivity index (χ3v) is 4.71. The number of aromatic amines is 1. The maximum Gasteiger partial charge on any atom is 0.227 e. The van der Waals surface area contributed by atoms with Gasteiger partial charge in [-0.25, -0.2) is 0 Å². The van der Waals surface area contributed by atoms with E-state index in [2.05, 4.69) is 21.0 Å². The van der Waals surface area contributed by atoms with E-state index < -0.39 is 0 Å². The van der Waals surface area contributed by atoms with Gasteiger partial charge in [0.05, 0.1) is 18.3 Å². The van der Waals surface area contributed by atoms with Crippen molar-refractivity contribution in [3.8, 4) is 0 Å². The van der Waals surface area contributed by atoms with Crippen molar-refractivity contribution in [2.24, 2.45) is 7.05 Å². The maximum absolute atomic E-state index is 12.6. The number of piperazine rings is 1. The Morgan fingerprint density at radius 3 is 2.75 bits per heavy atom. The Morgan fingerprint density at radius 1 is 1.21 bits per heavy atom. The first kappa shape index (κ1) is 14.8. The second-order valence-electron chi connectivity index (χ2n) is 6.28. The van der Waals surface area contributed by atoms with Crippen molar-refractivity contribution < 1.29 is 4.79 Å². The van der Waals surface area contributed by atoms with E-state index in [9.17, 15) is 4.79 Å². The van der Waals surface area contributed by atoms with Gasteiger partial charge in [-0.3, -0.25) is 9.48 Å². The van der Waals surface area contributed by atoms with Crippen LogP contribution in [-0.2, 0) is 18.3 Å². The van der Waals surface area contributed by atoms with Crippen LogP contribution in [0.25, 0.3) is 10.9 Å². The maximum atomic E-state index is 12.6. The fourth-order valence-electron chi connectivity index (χ4n) is 3.34. The molecular formula is C18H21N5O. The van der Waals surface area contributed by atoms with Crippen molar-refractivity contribution in [2.45, 2.75) is 6.42 Å². The molecule has 0 spiro atoms. The van der Waals surface area contributed by atoms with E-state index in [0.717, 1.165) is 48.3 Å². The van der Waals surface area contributed by atoms with E-state index in [0.29, 0.717) is 6.42 Å². The summed E-state index contributed by atoms with van der Waals surface area (Å²) >= 11 is 0. The Hall–Kier alpha value is -2.76. The van der Waals surface area contributed by atoms with Gasteiger partial charge in [0.2, 0.25) is 5.91 Å². The van der Waals surface area contributed by atoms with E-state index >= 15 is 0 Å². The largest absolute Gasteiger partial charge is 0.365 e. The molecule has 0 aliphatic carbocycles. The van der Waals surface area contributed by atoms with Gasteiger partial charge in [0, 0.05) is 56.5 Å². The number of para-hydroxylation sites is 1. The fourth-order valence-corrected chi connectivity index (χ4v) is 3.34. The molecule has 24 heavy (non-hydrogen) atoms. The van der Waals surface area contributed by atoms with Crippen LogP contribution in [0.5, 0.6) is 0 Å². The van der Waals surface area contributed by atoms with Crippen LogP contribution in [0.1, 0.15) is 5.56 Å². The van der Waals surface area contributed by atoms with Gasteiger partial charge in [0.25, 0.3) is 0 Å². The molecule has 6 nitrogen and oxygen atoms in total. The number of H-pyrrole nitrogens is 1. The number of anilines is 1. The molecule has 1 amide bonds. The van der Waals surface area contributed by atoms with Crippen LogP contribution in [0, 0.1) is 0 Å². The van der Waals surface area contributed by atoms with Gasteiger partial charge in [-0.1, -0.05) is 18.2 Å². The number of fused-ring (bicyclic) bond motifs is 1. The summed E-state index contributed by atoms with van der Waals surface area (Å²) in [5.41, 5.74) is 3.29. The molecule has 1 aliphatic heterocycles. The lowest BCUT2D eigenvalue weighted by atomic mass is 10.1. The lowest BCUT2D eigenvalue weighted by Crippen LogP contribution is -2.49. The van der Waals surface area contributed by atoms with Gasteiger partial charge in [-0.05, 0) is 11.6 Å². The average molecular weight is 323 g/mol. The highest BCUT2D eigenvalue weighted by Crippen LogP contribution is 2.20. The van der Waals surface area contributed by atoms with Crippen molar-refractivity contribution >= 4 is 22.5 Å². The van der Waals surface area contributed by atoms with Gasteiger partial charge < -0.3 is 14.8 Å². The van der Waals surface area contributed by atoms with Gasteiger partial charge in [0.1, 0.15) is 0 Å². The number of rotatable bonds is 3. The third kappa shape index (κ3) is 2.75. The lowest BCUT2D eigenvalue weighted by Gasteiger charge is -2.35. The second-order valence-corrected chi connectivity index (χ2v) is 6.28. The number of nitrogens with one attached hydrogen (secondary N) is 1. The quantitative estimate of drug-likeness (QED) is 0.799. The molecule has 1 aliphatic rings. The number of carbonyl (C=O) groups excluding carboxylic acids is 1. The average Bonchev–Trinajstić information content (AvgIpc) is 3.22. The molecule has 0 bridgehead atoms. The fraction of sp³-hybridized carbons (Fsp3) is 0.333. The summed E-state index contributed by atoms with van der Waals surface area (Å²) in [6, 6.07) is 8.11. The molecule has 1 fully saturated rings. The molecule has 1 aromatic carbocycles. The predicted octanol–water partition coefficient (Wildman–Crippen LogP) is 1.79. The Morgan fingerprint density at radius 2 is 2.00 bits per heavy atom. The van der Waals surface area contributed by atoms with E-state index in [1.807, 2.05) is 53.4 Å². The SMILES string of the molecule is Cn1cc(N2CCN(C(=O)Cc3c[nH]c4ccccc34)CC2)cn1. The minimum atomic E-state index is 0.200. The van der Waals surface area contributed by atoms with E-state index in [1.165, 1.54) is 0 Å². The summed E-state index contributed by atoms with van der Waals surface area (Å²) in [6.45, 7) is 3.23. The summed E-state index contributed by atoms with van der Waals surface area (Å²) in [7, 11) is 1.92. The third-order valence-electron chi connectivity index (χ3n) is 4.71. The molecule has 6 heteroatoms. The van der Waals surface area contributed by atoms with Crippen LogP contribution < -0.4 is 4.90 Å². The van der Waals surface area contributed by atoms with Gasteiger partial charge in [-0.2, -0.15) is 5.10 Å². The van der Waals surface area contributed by atoms with Crippen molar-refractivity contribution in [3.05, 3.63) is 48.4 Å². The van der Waals surface area contributed by atoms with Crippen LogP contribution in [0.4, 0.5) is 5.69 Å². The number of amides is 1. The molecule has 3 aromatic rings. The smallest absolute Gasteiger partial charge is 0.227 e. The normalized spacial score (nSPS) is 15.2. The van der Waals surface area contributed by atoms with Crippen molar-refractivity contribution in [2.75, 3.05) is 31.1 Å². The zero-order valence-electron chi connectivity index (χ0n) is 13.8. The number of aromatic nitrogens is 3. The molecule has 0 saturated carbocycles. The van der Waals surface area contributed by atoms with Crippen molar-refractivity contribution in [1.82, 2.24) is 19.7 Å². The minimum absolute atomic E-state index is 0.200. The molecule has 1 saturated heterocycles. The predicted molar refractivity (Wildman–Crippen MR) is 94.0 cm³/mol. The Kier molecular flexibility index (Phi) is 3.72. The highest BCUT2D eigenvalue weighted by atomic mass is 16.2. The number of carbonyl (C=O) groups is 1. The first-order valence-electron chi connectivity index (χ1n) is 8.27. The summed E-state index contributed by atoms with van der Waals surface area (Å²) in [4.78, 5) is 20.1. The minimum Gasteiger partial charge on any atom is -0.365 e. The Balaban J connectivity index is 1.39. The number of hydrogen-bond acceptors (Lipinski definition) is 3. The highest BCUT2D eigenvalue weighted by molar-refractivity contribution is 5.89. The number of aryl methyl sites for hydroxylation is 1. The standard InChI is InChI=1S/C18H21N5O/c1-21-13-15(12-20-21)22-6-8-23(9-7-22)18(24)10-14-11-19-17-5-3-2-4-16(14)17/h2-5,11-13,19H,6-10H2,1H3. The molecule has 4 rings (SSSR count). The first-order chi connectivity index (χ1) is 11.7. The molecular weight excluding hydrogens is 302 g/mol. The van der Waals surface area contributed by atoms with Gasteiger partial charge in [0.15, 0.2) is 0 Å². The highest BCUT2D eigenvalue weighted by Gasteiger charge is 2.22. The summed E-state index contributed by atoms with van der Waals surface area (Å²) in [5.74, 6) is 0.200. The summed E-state index contributed by atoms with van der Waals surface area (Å²) < 4.78 is 1.81. The monoisotopic (exact) mass is 323 g/mol. The zero-order valence-corrected chi connectivity index (χ0v) is 13.8. The van der Waals surface area contributed by atoms with Crippen LogP contribution in [0.15, 0.2) is 42.9 Å². The number of nitrogens with zero attached hydrogens (tertiary/aromatic N) is 4. The Labute approximate surface area is 140 Å². The van der Waals surface area contributed by atoms with Crippen LogP contribution >= 0.6 is 0 Å². The number of benzene rings is 1. The first-order valence-corrected chi connectivity index (χ1v) is 8.27. The zero-order chi connectivity index (χ0) is 16.5. The molecule has 2 aromatic heterocycles. The lowest BCUT2D eigenvalue weighted by molar-refractivity contribution is -0.130.